The van der Waals surface area contributed by atoms with Crippen molar-refractivity contribution < 1.29 is 19.4 Å². The van der Waals surface area contributed by atoms with E-state index in [0.717, 1.165) is 21.9 Å². The number of carbonyl (C=O) groups excluding carboxylic acids is 1. The maximum Gasteiger partial charge on any atom is 0.407 e. The summed E-state index contributed by atoms with van der Waals surface area (Å²) in [7, 11) is 0. The van der Waals surface area contributed by atoms with Gasteiger partial charge in [0.1, 0.15) is 6.61 Å². The van der Waals surface area contributed by atoms with Gasteiger partial charge in [0.25, 0.3) is 0 Å². The topological polar surface area (TPSA) is 75.6 Å². The summed E-state index contributed by atoms with van der Waals surface area (Å²) < 4.78 is 5.15. The molecule has 1 amide bonds. The number of rotatable bonds is 7. The molecule has 0 aliphatic heterocycles. The number of aromatic carboxylic acids is 1. The number of carboxylic acids is 1. The molecule has 3 aromatic carbocycles. The SMILES string of the molecule is O=C(NCCC=Cc1ccc2cc(C(=O)O)ccc2c1)OCc1ccccc1. The molecule has 0 bridgehead atoms. The number of carboxylic acid groups (broad SMARTS) is 1. The molecule has 0 spiro atoms. The highest BCUT2D eigenvalue weighted by Gasteiger charge is 2.04. The van der Waals surface area contributed by atoms with E-state index in [1.165, 1.54) is 0 Å². The highest BCUT2D eigenvalue weighted by Crippen LogP contribution is 2.19. The van der Waals surface area contributed by atoms with Crippen LogP contribution in [0.3, 0.4) is 0 Å². The lowest BCUT2D eigenvalue weighted by atomic mass is 10.0. The fraction of sp³-hybridized carbons (Fsp3) is 0.130. The van der Waals surface area contributed by atoms with Gasteiger partial charge in [-0.1, -0.05) is 60.7 Å². The fourth-order valence-electron chi connectivity index (χ4n) is 2.75. The van der Waals surface area contributed by atoms with Crippen LogP contribution in [-0.2, 0) is 11.3 Å². The van der Waals surface area contributed by atoms with Crippen molar-refractivity contribution in [3.8, 4) is 0 Å². The van der Waals surface area contributed by atoms with E-state index in [4.69, 9.17) is 9.84 Å². The van der Waals surface area contributed by atoms with Gasteiger partial charge < -0.3 is 15.2 Å². The molecule has 3 rings (SSSR count). The predicted molar refractivity (Wildman–Crippen MR) is 109 cm³/mol. The lowest BCUT2D eigenvalue weighted by Gasteiger charge is -2.06. The van der Waals surface area contributed by atoms with E-state index in [0.29, 0.717) is 13.0 Å². The van der Waals surface area contributed by atoms with E-state index < -0.39 is 12.1 Å². The van der Waals surface area contributed by atoms with Crippen LogP contribution < -0.4 is 5.32 Å². The Morgan fingerprint density at radius 2 is 1.71 bits per heavy atom. The second kappa shape index (κ2) is 9.37. The summed E-state index contributed by atoms with van der Waals surface area (Å²) in [4.78, 5) is 22.7. The van der Waals surface area contributed by atoms with Gasteiger partial charge in [0.2, 0.25) is 0 Å². The number of hydrogen-bond acceptors (Lipinski definition) is 3. The Balaban J connectivity index is 1.44. The van der Waals surface area contributed by atoms with E-state index in [1.807, 2.05) is 60.7 Å². The van der Waals surface area contributed by atoms with Crippen LogP contribution in [0.15, 0.2) is 72.8 Å². The van der Waals surface area contributed by atoms with Gasteiger partial charge in [-0.25, -0.2) is 9.59 Å². The van der Waals surface area contributed by atoms with E-state index >= 15 is 0 Å². The first-order valence-corrected chi connectivity index (χ1v) is 9.00. The maximum atomic E-state index is 11.7. The standard InChI is InChI=1S/C23H21NO4/c25-22(26)21-12-11-19-14-17(9-10-20(19)15-21)6-4-5-13-24-23(27)28-16-18-7-2-1-3-8-18/h1-4,6-12,14-15H,5,13,16H2,(H,24,27)(H,25,26). The number of benzene rings is 3. The zero-order chi connectivity index (χ0) is 19.8. The van der Waals surface area contributed by atoms with Gasteiger partial charge in [-0.05, 0) is 46.5 Å². The summed E-state index contributed by atoms with van der Waals surface area (Å²) in [6.45, 7) is 0.739. The lowest BCUT2D eigenvalue weighted by molar-refractivity contribution is 0.0697. The summed E-state index contributed by atoms with van der Waals surface area (Å²) >= 11 is 0. The minimum Gasteiger partial charge on any atom is -0.478 e. The van der Waals surface area contributed by atoms with E-state index in [9.17, 15) is 9.59 Å². The second-order valence-electron chi connectivity index (χ2n) is 6.31. The van der Waals surface area contributed by atoms with Crippen molar-refractivity contribution in [3.63, 3.8) is 0 Å². The van der Waals surface area contributed by atoms with E-state index in [2.05, 4.69) is 5.32 Å². The molecular weight excluding hydrogens is 354 g/mol. The van der Waals surface area contributed by atoms with Crippen molar-refractivity contribution in [2.75, 3.05) is 6.54 Å². The van der Waals surface area contributed by atoms with Gasteiger partial charge in [0.15, 0.2) is 0 Å². The molecule has 0 heterocycles. The molecule has 0 radical (unpaired) electrons. The van der Waals surface area contributed by atoms with Crippen LogP contribution in [0.25, 0.3) is 16.8 Å². The Labute approximate surface area is 163 Å². The van der Waals surface area contributed by atoms with Crippen LogP contribution in [-0.4, -0.2) is 23.7 Å². The van der Waals surface area contributed by atoms with Crippen molar-refractivity contribution in [2.45, 2.75) is 13.0 Å². The zero-order valence-electron chi connectivity index (χ0n) is 15.3. The number of hydrogen-bond donors (Lipinski definition) is 2. The highest BCUT2D eigenvalue weighted by molar-refractivity contribution is 5.94. The summed E-state index contributed by atoms with van der Waals surface area (Å²) in [6, 6.07) is 20.4. The van der Waals surface area contributed by atoms with Crippen molar-refractivity contribution in [3.05, 3.63) is 89.5 Å². The van der Waals surface area contributed by atoms with E-state index in [1.54, 1.807) is 18.2 Å². The minimum absolute atomic E-state index is 0.253. The quantitative estimate of drug-likeness (QED) is 0.578. The monoisotopic (exact) mass is 375 g/mol. The molecule has 0 aromatic heterocycles. The third-order valence-corrected chi connectivity index (χ3v) is 4.21. The molecule has 0 atom stereocenters. The molecule has 142 valence electrons. The molecule has 0 fully saturated rings. The Kier molecular flexibility index (Phi) is 6.41. The number of nitrogens with one attached hydrogen (secondary N) is 1. The molecule has 0 aliphatic carbocycles. The molecule has 0 saturated carbocycles. The Hall–Kier alpha value is -3.60. The van der Waals surface area contributed by atoms with Crippen LogP contribution in [0.1, 0.15) is 27.9 Å². The van der Waals surface area contributed by atoms with Gasteiger partial charge in [0, 0.05) is 6.54 Å². The summed E-state index contributed by atoms with van der Waals surface area (Å²) in [5.41, 5.74) is 2.24. The number of carbonyl (C=O) groups is 2. The lowest BCUT2D eigenvalue weighted by Crippen LogP contribution is -2.24. The molecule has 0 aliphatic rings. The minimum atomic E-state index is -0.930. The van der Waals surface area contributed by atoms with Gasteiger partial charge >= 0.3 is 12.1 Å². The first-order chi connectivity index (χ1) is 13.6. The van der Waals surface area contributed by atoms with Gasteiger partial charge in [0.05, 0.1) is 5.56 Å². The van der Waals surface area contributed by atoms with Crippen molar-refractivity contribution >= 4 is 28.9 Å². The molecule has 5 heteroatoms. The second-order valence-corrected chi connectivity index (χ2v) is 6.31. The van der Waals surface area contributed by atoms with Gasteiger partial charge in [-0.2, -0.15) is 0 Å². The summed E-state index contributed by atoms with van der Waals surface area (Å²) in [5.74, 6) is -0.930. The normalized spacial score (nSPS) is 10.9. The van der Waals surface area contributed by atoms with Gasteiger partial charge in [-0.3, -0.25) is 0 Å². The average molecular weight is 375 g/mol. The van der Waals surface area contributed by atoms with Crippen molar-refractivity contribution in [2.24, 2.45) is 0 Å². The maximum absolute atomic E-state index is 11.7. The predicted octanol–water partition coefficient (Wildman–Crippen LogP) is 4.87. The number of ether oxygens (including phenoxy) is 1. The van der Waals surface area contributed by atoms with Crippen LogP contribution in [0.4, 0.5) is 4.79 Å². The average Bonchev–Trinajstić information content (AvgIpc) is 2.72. The molecule has 3 aromatic rings. The van der Waals surface area contributed by atoms with Gasteiger partial charge in [-0.15, -0.1) is 0 Å². The molecule has 2 N–H and O–H groups in total. The first-order valence-electron chi connectivity index (χ1n) is 9.00. The fourth-order valence-corrected chi connectivity index (χ4v) is 2.75. The van der Waals surface area contributed by atoms with Crippen LogP contribution in [0.5, 0.6) is 0 Å². The first kappa shape index (κ1) is 19.2. The largest absolute Gasteiger partial charge is 0.478 e. The Bertz CT molecular complexity index is 996. The van der Waals surface area contributed by atoms with Crippen LogP contribution in [0, 0.1) is 0 Å². The molecule has 5 nitrogen and oxygen atoms in total. The smallest absolute Gasteiger partial charge is 0.407 e. The van der Waals surface area contributed by atoms with E-state index in [-0.39, 0.29) is 12.2 Å². The Morgan fingerprint density at radius 3 is 2.50 bits per heavy atom. The van der Waals surface area contributed by atoms with Crippen LogP contribution in [0.2, 0.25) is 0 Å². The van der Waals surface area contributed by atoms with Crippen molar-refractivity contribution in [1.82, 2.24) is 5.32 Å². The molecule has 28 heavy (non-hydrogen) atoms. The summed E-state index contributed by atoms with van der Waals surface area (Å²) in [5, 5.41) is 13.6. The molecule has 0 unspecified atom stereocenters. The number of fused-ring (bicyclic) bond motifs is 1. The molecule has 0 saturated heterocycles. The number of amides is 1. The molecular formula is C23H21NO4. The summed E-state index contributed by atoms with van der Waals surface area (Å²) in [6.07, 6.45) is 4.19. The highest BCUT2D eigenvalue weighted by atomic mass is 16.5. The number of alkyl carbamates (subject to hydrolysis) is 1. The zero-order valence-corrected chi connectivity index (χ0v) is 15.3. The Morgan fingerprint density at radius 1 is 0.964 bits per heavy atom. The third-order valence-electron chi connectivity index (χ3n) is 4.21. The van der Waals surface area contributed by atoms with Crippen LogP contribution >= 0.6 is 0 Å². The third kappa shape index (κ3) is 5.45. The van der Waals surface area contributed by atoms with Crippen molar-refractivity contribution in [1.29, 1.82) is 0 Å².